The van der Waals surface area contributed by atoms with Crippen LogP contribution in [0.1, 0.15) is 18.9 Å². The molecule has 1 saturated heterocycles. The normalized spacial score (nSPS) is 18.2. The zero-order valence-electron chi connectivity index (χ0n) is 10.6. The van der Waals surface area contributed by atoms with Crippen LogP contribution in [-0.2, 0) is 14.3 Å². The molecule has 1 aliphatic heterocycles. The van der Waals surface area contributed by atoms with Gasteiger partial charge in [-0.2, -0.15) is 5.26 Å². The van der Waals surface area contributed by atoms with Gasteiger partial charge in [0.2, 0.25) is 5.91 Å². The van der Waals surface area contributed by atoms with Crippen molar-refractivity contribution >= 4 is 17.6 Å². The van der Waals surface area contributed by atoms with Crippen LogP contribution in [0.5, 0.6) is 0 Å². The number of anilines is 1. The third-order valence-corrected chi connectivity index (χ3v) is 3.08. The van der Waals surface area contributed by atoms with Crippen LogP contribution in [-0.4, -0.2) is 25.0 Å². The SMILES string of the molecule is CCOC(=O)C1CCN(c2ccc(C#N)cc2)C1=O. The first-order chi connectivity index (χ1) is 9.17. The number of amides is 1. The second kappa shape index (κ2) is 5.53. The smallest absolute Gasteiger partial charge is 0.318 e. The Morgan fingerprint density at radius 1 is 1.47 bits per heavy atom. The van der Waals surface area contributed by atoms with Gasteiger partial charge in [0.25, 0.3) is 0 Å². The first-order valence-electron chi connectivity index (χ1n) is 6.15. The number of carbonyl (C=O) groups is 2. The lowest BCUT2D eigenvalue weighted by Gasteiger charge is -2.16. The van der Waals surface area contributed by atoms with Gasteiger partial charge in [0, 0.05) is 12.2 Å². The van der Waals surface area contributed by atoms with E-state index in [9.17, 15) is 9.59 Å². The molecule has 5 nitrogen and oxygen atoms in total. The molecule has 1 aromatic rings. The van der Waals surface area contributed by atoms with Gasteiger partial charge in [0.05, 0.1) is 18.2 Å². The molecule has 1 amide bonds. The fourth-order valence-corrected chi connectivity index (χ4v) is 2.11. The molecule has 0 N–H and O–H groups in total. The quantitative estimate of drug-likeness (QED) is 0.608. The first-order valence-corrected chi connectivity index (χ1v) is 6.15. The van der Waals surface area contributed by atoms with E-state index in [1.165, 1.54) is 0 Å². The van der Waals surface area contributed by atoms with Crippen molar-refractivity contribution in [1.82, 2.24) is 0 Å². The van der Waals surface area contributed by atoms with E-state index in [4.69, 9.17) is 10.00 Å². The van der Waals surface area contributed by atoms with Gasteiger partial charge in [-0.15, -0.1) is 0 Å². The molecule has 98 valence electrons. The van der Waals surface area contributed by atoms with Crippen molar-refractivity contribution in [3.63, 3.8) is 0 Å². The monoisotopic (exact) mass is 258 g/mol. The number of carbonyl (C=O) groups excluding carboxylic acids is 2. The van der Waals surface area contributed by atoms with Gasteiger partial charge in [0.15, 0.2) is 0 Å². The fourth-order valence-electron chi connectivity index (χ4n) is 2.11. The van der Waals surface area contributed by atoms with Crippen LogP contribution in [0.3, 0.4) is 0 Å². The van der Waals surface area contributed by atoms with E-state index in [0.29, 0.717) is 24.2 Å². The minimum Gasteiger partial charge on any atom is -0.465 e. The van der Waals surface area contributed by atoms with Gasteiger partial charge in [-0.25, -0.2) is 0 Å². The highest BCUT2D eigenvalue weighted by Gasteiger charge is 2.38. The second-order valence-electron chi connectivity index (χ2n) is 4.24. The molecule has 1 aliphatic rings. The molecular weight excluding hydrogens is 244 g/mol. The predicted octanol–water partition coefficient (Wildman–Crippen LogP) is 1.47. The number of esters is 1. The standard InChI is InChI=1S/C14H14N2O3/c1-2-19-14(18)12-7-8-16(13(12)17)11-5-3-10(9-15)4-6-11/h3-6,12H,2,7-8H2,1H3. The van der Waals surface area contributed by atoms with Crippen molar-refractivity contribution in [2.24, 2.45) is 5.92 Å². The third-order valence-electron chi connectivity index (χ3n) is 3.08. The molecule has 1 aromatic carbocycles. The van der Waals surface area contributed by atoms with Crippen LogP contribution in [0, 0.1) is 17.2 Å². The summed E-state index contributed by atoms with van der Waals surface area (Å²) in [5.74, 6) is -1.39. The summed E-state index contributed by atoms with van der Waals surface area (Å²) >= 11 is 0. The summed E-state index contributed by atoms with van der Waals surface area (Å²) < 4.78 is 4.89. The molecular formula is C14H14N2O3. The van der Waals surface area contributed by atoms with Gasteiger partial charge in [-0.05, 0) is 37.6 Å². The molecule has 1 atom stereocenters. The first kappa shape index (κ1) is 13.1. The molecule has 0 spiro atoms. The molecule has 5 heteroatoms. The van der Waals surface area contributed by atoms with E-state index in [0.717, 1.165) is 0 Å². The van der Waals surface area contributed by atoms with Crippen molar-refractivity contribution in [2.45, 2.75) is 13.3 Å². The van der Waals surface area contributed by atoms with Crippen molar-refractivity contribution in [2.75, 3.05) is 18.1 Å². The molecule has 0 radical (unpaired) electrons. The molecule has 1 unspecified atom stereocenters. The average Bonchev–Trinajstić information content (AvgIpc) is 2.81. The predicted molar refractivity (Wildman–Crippen MR) is 68.3 cm³/mol. The largest absolute Gasteiger partial charge is 0.465 e. The van der Waals surface area contributed by atoms with Gasteiger partial charge in [-0.3, -0.25) is 9.59 Å². The van der Waals surface area contributed by atoms with Crippen molar-refractivity contribution in [3.8, 4) is 6.07 Å². The summed E-state index contributed by atoms with van der Waals surface area (Å²) in [6.45, 7) is 2.49. The highest BCUT2D eigenvalue weighted by atomic mass is 16.5. The summed E-state index contributed by atoms with van der Waals surface area (Å²) in [7, 11) is 0. The van der Waals surface area contributed by atoms with Crippen LogP contribution in [0.2, 0.25) is 0 Å². The summed E-state index contributed by atoms with van der Waals surface area (Å²) in [6, 6.07) is 8.75. The molecule has 0 saturated carbocycles. The van der Waals surface area contributed by atoms with Crippen LogP contribution in [0.4, 0.5) is 5.69 Å². The average molecular weight is 258 g/mol. The maximum Gasteiger partial charge on any atom is 0.318 e. The highest BCUT2D eigenvalue weighted by molar-refractivity contribution is 6.08. The fraction of sp³-hybridized carbons (Fsp3) is 0.357. The second-order valence-corrected chi connectivity index (χ2v) is 4.24. The maximum atomic E-state index is 12.1. The maximum absolute atomic E-state index is 12.1. The Labute approximate surface area is 111 Å². The Balaban J connectivity index is 2.13. The lowest BCUT2D eigenvalue weighted by Crippen LogP contribution is -2.31. The van der Waals surface area contributed by atoms with E-state index in [1.807, 2.05) is 6.07 Å². The number of ether oxygens (including phenoxy) is 1. The van der Waals surface area contributed by atoms with E-state index in [-0.39, 0.29) is 12.5 Å². The van der Waals surface area contributed by atoms with E-state index >= 15 is 0 Å². The van der Waals surface area contributed by atoms with Crippen LogP contribution in [0.25, 0.3) is 0 Å². The Hall–Kier alpha value is -2.35. The molecule has 1 fully saturated rings. The summed E-state index contributed by atoms with van der Waals surface area (Å²) in [6.07, 6.45) is 0.470. The number of benzene rings is 1. The third kappa shape index (κ3) is 2.58. The van der Waals surface area contributed by atoms with Gasteiger partial charge < -0.3 is 9.64 Å². The Bertz CT molecular complexity index is 531. The molecule has 2 rings (SSSR count). The lowest BCUT2D eigenvalue weighted by molar-refractivity contribution is -0.150. The number of hydrogen-bond donors (Lipinski definition) is 0. The minimum atomic E-state index is -0.699. The zero-order chi connectivity index (χ0) is 13.8. The van der Waals surface area contributed by atoms with E-state index in [2.05, 4.69) is 0 Å². The Kier molecular flexibility index (Phi) is 3.81. The van der Waals surface area contributed by atoms with Gasteiger partial charge in [-0.1, -0.05) is 0 Å². The molecule has 0 aromatic heterocycles. The van der Waals surface area contributed by atoms with Crippen molar-refractivity contribution in [3.05, 3.63) is 29.8 Å². The van der Waals surface area contributed by atoms with E-state index < -0.39 is 11.9 Å². The Morgan fingerprint density at radius 2 is 2.16 bits per heavy atom. The van der Waals surface area contributed by atoms with Gasteiger partial charge in [0.1, 0.15) is 5.92 Å². The highest BCUT2D eigenvalue weighted by Crippen LogP contribution is 2.26. The lowest BCUT2D eigenvalue weighted by atomic mass is 10.1. The molecule has 19 heavy (non-hydrogen) atoms. The van der Waals surface area contributed by atoms with Crippen molar-refractivity contribution in [1.29, 1.82) is 5.26 Å². The molecule has 0 aliphatic carbocycles. The summed E-state index contributed by atoms with van der Waals surface area (Å²) in [4.78, 5) is 25.3. The van der Waals surface area contributed by atoms with Crippen LogP contribution < -0.4 is 4.90 Å². The van der Waals surface area contributed by atoms with E-state index in [1.54, 1.807) is 36.1 Å². The molecule has 0 bridgehead atoms. The topological polar surface area (TPSA) is 70.4 Å². The number of hydrogen-bond acceptors (Lipinski definition) is 4. The number of nitrogens with zero attached hydrogens (tertiary/aromatic N) is 2. The summed E-state index contributed by atoms with van der Waals surface area (Å²) in [5.41, 5.74) is 1.24. The molecule has 1 heterocycles. The van der Waals surface area contributed by atoms with Crippen molar-refractivity contribution < 1.29 is 14.3 Å². The van der Waals surface area contributed by atoms with Crippen LogP contribution >= 0.6 is 0 Å². The van der Waals surface area contributed by atoms with Gasteiger partial charge >= 0.3 is 5.97 Å². The van der Waals surface area contributed by atoms with Crippen LogP contribution in [0.15, 0.2) is 24.3 Å². The zero-order valence-corrected chi connectivity index (χ0v) is 10.6. The summed E-state index contributed by atoms with van der Waals surface area (Å²) in [5, 5.41) is 8.73. The Morgan fingerprint density at radius 3 is 2.74 bits per heavy atom. The number of nitriles is 1. The minimum absolute atomic E-state index is 0.233. The number of rotatable bonds is 3.